The molecule has 0 aliphatic heterocycles. The van der Waals surface area contributed by atoms with Gasteiger partial charge in [0.05, 0.1) is 19.2 Å². The molecule has 2 rings (SSSR count). The van der Waals surface area contributed by atoms with Gasteiger partial charge in [-0.05, 0) is 24.6 Å². The number of Topliss-reactive ketones (excluding diaryl/α,β-unsaturated/α-hetero) is 1. The van der Waals surface area contributed by atoms with Crippen molar-refractivity contribution in [3.63, 3.8) is 0 Å². The van der Waals surface area contributed by atoms with Gasteiger partial charge in [-0.25, -0.2) is 4.79 Å². The van der Waals surface area contributed by atoms with Crippen LogP contribution in [0.25, 0.3) is 0 Å². The SMILES string of the molecule is C.COC(C(=O)OC(CC(=O)Nc1ccccc1S(=O)(=O)OC)C(C)=O)c1ccccc1.[HH]. The molecule has 0 saturated heterocycles. The highest BCUT2D eigenvalue weighted by atomic mass is 32.2. The number of para-hydroxylation sites is 1. The standard InChI is InChI=1S/C21H23NO8S.CH4.H2/c1-14(23)17(30-21(25)20(28-2)15-9-5-4-6-10-15)13-19(24)22-16-11-7-8-12-18(16)31(26,27)29-3;;/h4-12,17,20H,13H2,1-3H3,(H,22,24);1H4;1H. The second-order valence-electron chi connectivity index (χ2n) is 6.43. The van der Waals surface area contributed by atoms with Gasteiger partial charge in [0.2, 0.25) is 5.91 Å². The van der Waals surface area contributed by atoms with Crippen molar-refractivity contribution < 1.29 is 37.9 Å². The number of hydrogen-bond acceptors (Lipinski definition) is 8. The Morgan fingerprint density at radius 1 is 1.00 bits per heavy atom. The number of rotatable bonds is 10. The molecule has 0 fully saturated rings. The zero-order valence-electron chi connectivity index (χ0n) is 17.2. The van der Waals surface area contributed by atoms with Crippen molar-refractivity contribution in [3.8, 4) is 0 Å². The lowest BCUT2D eigenvalue weighted by molar-refractivity contribution is -0.165. The molecule has 176 valence electrons. The fraction of sp³-hybridized carbons (Fsp3) is 0.318. The van der Waals surface area contributed by atoms with Gasteiger partial charge in [0.15, 0.2) is 18.0 Å². The van der Waals surface area contributed by atoms with Gasteiger partial charge in [0.25, 0.3) is 10.1 Å². The molecule has 2 unspecified atom stereocenters. The van der Waals surface area contributed by atoms with Crippen LogP contribution in [-0.4, -0.2) is 46.4 Å². The number of carbonyl (C=O) groups excluding carboxylic acids is 3. The Kier molecular flexibility index (Phi) is 10.2. The molecular weight excluding hydrogens is 438 g/mol. The Hall–Kier alpha value is -3.08. The second kappa shape index (κ2) is 12.1. The minimum Gasteiger partial charge on any atom is -0.452 e. The van der Waals surface area contributed by atoms with Crippen molar-refractivity contribution in [1.82, 2.24) is 0 Å². The topological polar surface area (TPSA) is 125 Å². The zero-order chi connectivity index (χ0) is 23.0. The molecule has 32 heavy (non-hydrogen) atoms. The van der Waals surface area contributed by atoms with Crippen molar-refractivity contribution in [1.29, 1.82) is 0 Å². The third kappa shape index (κ3) is 6.98. The molecule has 2 aromatic carbocycles. The van der Waals surface area contributed by atoms with E-state index in [2.05, 4.69) is 9.50 Å². The van der Waals surface area contributed by atoms with Crippen molar-refractivity contribution >= 4 is 33.5 Å². The minimum atomic E-state index is -4.07. The highest BCUT2D eigenvalue weighted by molar-refractivity contribution is 7.87. The lowest BCUT2D eigenvalue weighted by Gasteiger charge is -2.20. The summed E-state index contributed by atoms with van der Waals surface area (Å²) in [6.07, 6.45) is -2.95. The summed E-state index contributed by atoms with van der Waals surface area (Å²) in [7, 11) is -1.75. The lowest BCUT2D eigenvalue weighted by atomic mass is 10.1. The molecule has 2 aromatic rings. The van der Waals surface area contributed by atoms with Gasteiger partial charge in [-0.3, -0.25) is 13.8 Å². The fourth-order valence-electron chi connectivity index (χ4n) is 2.71. The number of nitrogens with one attached hydrogen (secondary N) is 1. The van der Waals surface area contributed by atoms with Crippen molar-refractivity contribution in [3.05, 3.63) is 60.2 Å². The summed E-state index contributed by atoms with van der Waals surface area (Å²) in [5.41, 5.74) is 0.502. The van der Waals surface area contributed by atoms with Crippen LogP contribution in [0.2, 0.25) is 0 Å². The summed E-state index contributed by atoms with van der Waals surface area (Å²) < 4.78 is 38.9. The summed E-state index contributed by atoms with van der Waals surface area (Å²) in [6, 6.07) is 14.2. The molecule has 1 N–H and O–H groups in total. The Labute approximate surface area is 189 Å². The maximum Gasteiger partial charge on any atom is 0.340 e. The number of carbonyl (C=O) groups is 3. The van der Waals surface area contributed by atoms with Crippen LogP contribution in [0.15, 0.2) is 59.5 Å². The predicted octanol–water partition coefficient (Wildman–Crippen LogP) is 3.12. The lowest BCUT2D eigenvalue weighted by Crippen LogP contribution is -2.32. The molecule has 0 aliphatic rings. The first-order valence-electron chi connectivity index (χ1n) is 9.17. The number of hydrogen-bond donors (Lipinski definition) is 1. The molecule has 0 heterocycles. The highest BCUT2D eigenvalue weighted by Gasteiger charge is 2.29. The Bertz CT molecular complexity index is 1040. The molecule has 10 heteroatoms. The van der Waals surface area contributed by atoms with E-state index in [9.17, 15) is 22.8 Å². The molecule has 0 saturated carbocycles. The van der Waals surface area contributed by atoms with E-state index in [0.717, 1.165) is 7.11 Å². The first kappa shape index (κ1) is 27.0. The van der Waals surface area contributed by atoms with E-state index in [1.54, 1.807) is 30.3 Å². The van der Waals surface area contributed by atoms with E-state index in [1.165, 1.54) is 38.3 Å². The largest absolute Gasteiger partial charge is 0.452 e. The Balaban J connectivity index is 0.00000512. The summed E-state index contributed by atoms with van der Waals surface area (Å²) in [5, 5.41) is 2.41. The zero-order valence-corrected chi connectivity index (χ0v) is 18.0. The van der Waals surface area contributed by atoms with Crippen molar-refractivity contribution in [2.45, 2.75) is 37.9 Å². The monoisotopic (exact) mass is 467 g/mol. The van der Waals surface area contributed by atoms with Gasteiger partial charge >= 0.3 is 5.97 Å². The average Bonchev–Trinajstić information content (AvgIpc) is 2.74. The van der Waals surface area contributed by atoms with Gasteiger partial charge < -0.3 is 14.8 Å². The van der Waals surface area contributed by atoms with Crippen LogP contribution in [0.5, 0.6) is 0 Å². The molecule has 9 nitrogen and oxygen atoms in total. The van der Waals surface area contributed by atoms with Gasteiger partial charge in [0.1, 0.15) is 4.90 Å². The van der Waals surface area contributed by atoms with E-state index in [4.69, 9.17) is 9.47 Å². The van der Waals surface area contributed by atoms with E-state index in [0.29, 0.717) is 5.56 Å². The molecule has 0 bridgehead atoms. The quantitative estimate of drug-likeness (QED) is 0.417. The number of benzene rings is 2. The fourth-order valence-corrected chi connectivity index (χ4v) is 3.53. The highest BCUT2D eigenvalue weighted by Crippen LogP contribution is 2.23. The normalized spacial score (nSPS) is 12.7. The van der Waals surface area contributed by atoms with E-state index < -0.39 is 46.4 Å². The Morgan fingerprint density at radius 2 is 1.59 bits per heavy atom. The third-order valence-electron chi connectivity index (χ3n) is 4.28. The van der Waals surface area contributed by atoms with E-state index in [-0.39, 0.29) is 19.4 Å². The first-order valence-corrected chi connectivity index (χ1v) is 10.6. The molecule has 0 spiro atoms. The molecule has 0 aliphatic carbocycles. The number of methoxy groups -OCH3 is 1. The van der Waals surface area contributed by atoms with Crippen LogP contribution in [0, 0.1) is 0 Å². The maximum atomic E-state index is 12.5. The summed E-state index contributed by atoms with van der Waals surface area (Å²) in [6.45, 7) is 1.18. The number of anilines is 1. The van der Waals surface area contributed by atoms with E-state index >= 15 is 0 Å². The maximum absolute atomic E-state index is 12.5. The number of esters is 1. The number of amides is 1. The van der Waals surface area contributed by atoms with Crippen LogP contribution in [0.3, 0.4) is 0 Å². The summed E-state index contributed by atoms with van der Waals surface area (Å²) in [5.74, 6) is -2.10. The predicted molar refractivity (Wildman–Crippen MR) is 119 cm³/mol. The van der Waals surface area contributed by atoms with Crippen LogP contribution < -0.4 is 5.32 Å². The van der Waals surface area contributed by atoms with Gasteiger partial charge in [-0.2, -0.15) is 8.42 Å². The Morgan fingerprint density at radius 3 is 2.16 bits per heavy atom. The van der Waals surface area contributed by atoms with Crippen LogP contribution in [-0.2, 0) is 38.2 Å². The van der Waals surface area contributed by atoms with Crippen molar-refractivity contribution in [2.75, 3.05) is 19.5 Å². The molecule has 1 amide bonds. The molecule has 0 aromatic heterocycles. The first-order chi connectivity index (χ1) is 14.7. The molecular formula is C22H29NO8S. The molecule has 2 atom stereocenters. The van der Waals surface area contributed by atoms with Gasteiger partial charge in [-0.1, -0.05) is 49.9 Å². The number of ketones is 1. The number of ether oxygens (including phenoxy) is 2. The molecule has 0 radical (unpaired) electrons. The minimum absolute atomic E-state index is 0. The third-order valence-corrected chi connectivity index (χ3v) is 5.62. The van der Waals surface area contributed by atoms with Gasteiger partial charge in [0, 0.05) is 8.54 Å². The van der Waals surface area contributed by atoms with Crippen LogP contribution >= 0.6 is 0 Å². The second-order valence-corrected chi connectivity index (χ2v) is 8.11. The smallest absolute Gasteiger partial charge is 0.340 e. The summed E-state index contributed by atoms with van der Waals surface area (Å²) >= 11 is 0. The van der Waals surface area contributed by atoms with Gasteiger partial charge in [-0.15, -0.1) is 0 Å². The van der Waals surface area contributed by atoms with Crippen molar-refractivity contribution in [2.24, 2.45) is 0 Å². The van der Waals surface area contributed by atoms with E-state index in [1.807, 2.05) is 0 Å². The average molecular weight is 468 g/mol. The summed E-state index contributed by atoms with van der Waals surface area (Å²) in [4.78, 5) is 36.7. The van der Waals surface area contributed by atoms with Crippen LogP contribution in [0.4, 0.5) is 5.69 Å². The van der Waals surface area contributed by atoms with Crippen LogP contribution in [0.1, 0.15) is 33.9 Å².